The lowest BCUT2D eigenvalue weighted by Gasteiger charge is -1.99. The van der Waals surface area contributed by atoms with Crippen molar-refractivity contribution in [2.75, 3.05) is 0 Å². The van der Waals surface area contributed by atoms with E-state index in [-0.39, 0.29) is 5.56 Å². The van der Waals surface area contributed by atoms with Gasteiger partial charge < -0.3 is 5.11 Å². The van der Waals surface area contributed by atoms with Gasteiger partial charge in [-0.3, -0.25) is 4.98 Å². The minimum atomic E-state index is -0.976. The molecule has 0 aliphatic heterocycles. The van der Waals surface area contributed by atoms with Crippen molar-refractivity contribution >= 4 is 5.97 Å². The Morgan fingerprint density at radius 2 is 2.00 bits per heavy atom. The van der Waals surface area contributed by atoms with Gasteiger partial charge in [-0.05, 0) is 12.1 Å². The molecule has 74 valence electrons. The third kappa shape index (κ3) is 1.96. The minimum absolute atomic E-state index is 0.198. The van der Waals surface area contributed by atoms with Gasteiger partial charge in [0, 0.05) is 24.2 Å². The van der Waals surface area contributed by atoms with E-state index in [4.69, 9.17) is 5.11 Å². The minimum Gasteiger partial charge on any atom is -0.478 e. The third-order valence-electron chi connectivity index (χ3n) is 1.86. The Balaban J connectivity index is 2.46. The second-order valence-electron chi connectivity index (χ2n) is 2.86. The van der Waals surface area contributed by atoms with Gasteiger partial charge in [0.25, 0.3) is 0 Å². The fraction of sp³-hybridized carbons (Fsp3) is 0. The number of hydrogen-bond acceptors (Lipinski definition) is 4. The highest BCUT2D eigenvalue weighted by atomic mass is 16.4. The summed E-state index contributed by atoms with van der Waals surface area (Å²) in [6.45, 7) is 0. The van der Waals surface area contributed by atoms with Crippen molar-refractivity contribution in [1.82, 2.24) is 15.0 Å². The standard InChI is InChI=1S/C10H7N3O2/c14-10(15)7-1-2-13-9(3-7)8-4-11-6-12-5-8/h1-6H,(H,14,15). The number of rotatable bonds is 2. The molecule has 0 saturated heterocycles. The molecule has 2 aromatic rings. The molecule has 15 heavy (non-hydrogen) atoms. The Morgan fingerprint density at radius 3 is 2.67 bits per heavy atom. The van der Waals surface area contributed by atoms with Crippen molar-refractivity contribution < 1.29 is 9.90 Å². The van der Waals surface area contributed by atoms with Crippen molar-refractivity contribution in [1.29, 1.82) is 0 Å². The summed E-state index contributed by atoms with van der Waals surface area (Å²) in [5.74, 6) is -0.976. The average Bonchev–Trinajstić information content (AvgIpc) is 2.30. The number of carboxylic acid groups (broad SMARTS) is 1. The molecule has 0 aromatic carbocycles. The fourth-order valence-corrected chi connectivity index (χ4v) is 1.15. The van der Waals surface area contributed by atoms with Crippen LogP contribution in [0.5, 0.6) is 0 Å². The van der Waals surface area contributed by atoms with Crippen LogP contribution < -0.4 is 0 Å². The molecule has 1 N–H and O–H groups in total. The highest BCUT2D eigenvalue weighted by Gasteiger charge is 2.05. The molecular formula is C10H7N3O2. The van der Waals surface area contributed by atoms with Gasteiger partial charge >= 0.3 is 5.97 Å². The summed E-state index contributed by atoms with van der Waals surface area (Å²) in [5, 5.41) is 8.80. The Hall–Kier alpha value is -2.30. The molecule has 0 spiro atoms. The maximum Gasteiger partial charge on any atom is 0.335 e. The van der Waals surface area contributed by atoms with E-state index in [0.29, 0.717) is 11.3 Å². The van der Waals surface area contributed by atoms with Gasteiger partial charge in [-0.25, -0.2) is 14.8 Å². The molecular weight excluding hydrogens is 194 g/mol. The van der Waals surface area contributed by atoms with Crippen molar-refractivity contribution in [3.8, 4) is 11.3 Å². The molecule has 5 heteroatoms. The molecule has 0 amide bonds. The number of carboxylic acids is 1. The summed E-state index contributed by atoms with van der Waals surface area (Å²) in [4.78, 5) is 22.4. The first-order valence-corrected chi connectivity index (χ1v) is 4.22. The van der Waals surface area contributed by atoms with Crippen molar-refractivity contribution in [3.05, 3.63) is 42.6 Å². The van der Waals surface area contributed by atoms with Crippen LogP contribution in [0.15, 0.2) is 37.1 Å². The summed E-state index contributed by atoms with van der Waals surface area (Å²) in [6.07, 6.45) is 6.03. The first-order chi connectivity index (χ1) is 7.27. The van der Waals surface area contributed by atoms with E-state index in [9.17, 15) is 4.79 Å². The molecule has 0 fully saturated rings. The van der Waals surface area contributed by atoms with Crippen LogP contribution in [0.2, 0.25) is 0 Å². The lowest BCUT2D eigenvalue weighted by molar-refractivity contribution is 0.0697. The van der Waals surface area contributed by atoms with E-state index in [1.165, 1.54) is 24.7 Å². The summed E-state index contributed by atoms with van der Waals surface area (Å²) in [7, 11) is 0. The zero-order valence-electron chi connectivity index (χ0n) is 7.66. The van der Waals surface area contributed by atoms with Crippen molar-refractivity contribution in [2.24, 2.45) is 0 Å². The number of carbonyl (C=O) groups is 1. The Labute approximate surface area is 85.5 Å². The van der Waals surface area contributed by atoms with Crippen LogP contribution in [0.4, 0.5) is 0 Å². The number of nitrogens with zero attached hydrogens (tertiary/aromatic N) is 3. The molecule has 2 rings (SSSR count). The zero-order chi connectivity index (χ0) is 10.7. The molecule has 0 aliphatic rings. The van der Waals surface area contributed by atoms with Crippen LogP contribution in [0, 0.1) is 0 Å². The molecule has 0 bridgehead atoms. The summed E-state index contributed by atoms with van der Waals surface area (Å²) >= 11 is 0. The number of aromatic nitrogens is 3. The molecule has 2 heterocycles. The molecule has 0 aliphatic carbocycles. The van der Waals surface area contributed by atoms with Crippen LogP contribution >= 0.6 is 0 Å². The van der Waals surface area contributed by atoms with Crippen LogP contribution in [-0.4, -0.2) is 26.0 Å². The van der Waals surface area contributed by atoms with Gasteiger partial charge in [0.15, 0.2) is 0 Å². The van der Waals surface area contributed by atoms with Crippen LogP contribution in [-0.2, 0) is 0 Å². The lowest BCUT2D eigenvalue weighted by Crippen LogP contribution is -1.97. The Bertz CT molecular complexity index is 485. The van der Waals surface area contributed by atoms with E-state index in [0.717, 1.165) is 0 Å². The van der Waals surface area contributed by atoms with E-state index in [2.05, 4.69) is 15.0 Å². The number of hydrogen-bond donors (Lipinski definition) is 1. The Morgan fingerprint density at radius 1 is 1.27 bits per heavy atom. The maximum absolute atomic E-state index is 10.7. The smallest absolute Gasteiger partial charge is 0.335 e. The van der Waals surface area contributed by atoms with Gasteiger partial charge in [0.1, 0.15) is 6.33 Å². The van der Waals surface area contributed by atoms with Crippen LogP contribution in [0.25, 0.3) is 11.3 Å². The average molecular weight is 201 g/mol. The number of aromatic carboxylic acids is 1. The van der Waals surface area contributed by atoms with E-state index >= 15 is 0 Å². The summed E-state index contributed by atoms with van der Waals surface area (Å²) in [6, 6.07) is 2.93. The van der Waals surface area contributed by atoms with Crippen LogP contribution in [0.3, 0.4) is 0 Å². The summed E-state index contributed by atoms with van der Waals surface area (Å²) < 4.78 is 0. The molecule has 2 aromatic heterocycles. The molecule has 5 nitrogen and oxygen atoms in total. The first-order valence-electron chi connectivity index (χ1n) is 4.22. The van der Waals surface area contributed by atoms with Gasteiger partial charge in [0.05, 0.1) is 11.3 Å². The SMILES string of the molecule is O=C(O)c1ccnc(-c2cncnc2)c1. The van der Waals surface area contributed by atoms with E-state index in [1.807, 2.05) is 0 Å². The fourth-order valence-electron chi connectivity index (χ4n) is 1.15. The predicted molar refractivity (Wildman–Crippen MR) is 52.2 cm³/mol. The topological polar surface area (TPSA) is 76.0 Å². The summed E-state index contributed by atoms with van der Waals surface area (Å²) in [5.41, 5.74) is 1.44. The van der Waals surface area contributed by atoms with Gasteiger partial charge in [-0.1, -0.05) is 0 Å². The quantitative estimate of drug-likeness (QED) is 0.790. The molecule has 0 radical (unpaired) electrons. The molecule has 0 saturated carbocycles. The largest absolute Gasteiger partial charge is 0.478 e. The third-order valence-corrected chi connectivity index (χ3v) is 1.86. The van der Waals surface area contributed by atoms with E-state index < -0.39 is 5.97 Å². The predicted octanol–water partition coefficient (Wildman–Crippen LogP) is 1.24. The monoisotopic (exact) mass is 201 g/mol. The Kier molecular flexibility index (Phi) is 2.37. The highest BCUT2D eigenvalue weighted by molar-refractivity contribution is 5.88. The normalized spacial score (nSPS) is 9.87. The second kappa shape index (κ2) is 3.83. The van der Waals surface area contributed by atoms with Crippen molar-refractivity contribution in [3.63, 3.8) is 0 Å². The van der Waals surface area contributed by atoms with Crippen molar-refractivity contribution in [2.45, 2.75) is 0 Å². The van der Waals surface area contributed by atoms with Crippen LogP contribution in [0.1, 0.15) is 10.4 Å². The zero-order valence-corrected chi connectivity index (χ0v) is 7.66. The first kappa shape index (κ1) is 9.26. The number of pyridine rings is 1. The van der Waals surface area contributed by atoms with Gasteiger partial charge in [0.2, 0.25) is 0 Å². The van der Waals surface area contributed by atoms with Gasteiger partial charge in [-0.2, -0.15) is 0 Å². The van der Waals surface area contributed by atoms with E-state index in [1.54, 1.807) is 12.4 Å². The molecule has 0 atom stereocenters. The van der Waals surface area contributed by atoms with Gasteiger partial charge in [-0.15, -0.1) is 0 Å². The maximum atomic E-state index is 10.7. The molecule has 0 unspecified atom stereocenters. The second-order valence-corrected chi connectivity index (χ2v) is 2.86. The lowest BCUT2D eigenvalue weighted by atomic mass is 10.1. The highest BCUT2D eigenvalue weighted by Crippen LogP contribution is 2.15.